The van der Waals surface area contributed by atoms with Gasteiger partial charge >= 0.3 is 0 Å². The Morgan fingerprint density at radius 2 is 2.07 bits per heavy atom. The van der Waals surface area contributed by atoms with E-state index in [4.69, 9.17) is 0 Å². The van der Waals surface area contributed by atoms with Crippen molar-refractivity contribution in [2.45, 2.75) is 45.6 Å². The number of fused-ring (bicyclic) bond motifs is 1. The molecule has 0 radical (unpaired) electrons. The minimum atomic E-state index is -0.0777. The molecule has 0 amide bonds. The molecule has 82 valence electrons. The van der Waals surface area contributed by atoms with E-state index in [0.717, 1.165) is 23.2 Å². The zero-order valence-corrected chi connectivity index (χ0v) is 9.82. The summed E-state index contributed by atoms with van der Waals surface area (Å²) in [6.07, 6.45) is 0.973. The van der Waals surface area contributed by atoms with E-state index in [1.165, 1.54) is 0 Å². The van der Waals surface area contributed by atoms with Crippen molar-refractivity contribution in [1.82, 2.24) is 0 Å². The summed E-state index contributed by atoms with van der Waals surface area (Å²) in [5, 5.41) is 3.44. The summed E-state index contributed by atoms with van der Waals surface area (Å²) in [5.41, 5.74) is 3.05. The molecule has 1 heterocycles. The molecule has 1 aliphatic rings. The molecular formula is C13H18FN. The second kappa shape index (κ2) is 3.22. The summed E-state index contributed by atoms with van der Waals surface area (Å²) in [6, 6.07) is 3.42. The van der Waals surface area contributed by atoms with Crippen molar-refractivity contribution in [2.75, 3.05) is 5.32 Å². The van der Waals surface area contributed by atoms with Gasteiger partial charge < -0.3 is 5.32 Å². The third-order valence-corrected chi connectivity index (χ3v) is 3.17. The van der Waals surface area contributed by atoms with E-state index >= 15 is 0 Å². The monoisotopic (exact) mass is 207 g/mol. The molecule has 0 bridgehead atoms. The van der Waals surface area contributed by atoms with Gasteiger partial charge in [-0.25, -0.2) is 4.39 Å². The van der Waals surface area contributed by atoms with Gasteiger partial charge in [0.25, 0.3) is 0 Å². The minimum absolute atomic E-state index is 0.0605. The molecule has 1 aliphatic heterocycles. The highest BCUT2D eigenvalue weighted by atomic mass is 19.1. The maximum atomic E-state index is 13.7. The largest absolute Gasteiger partial charge is 0.380 e. The Morgan fingerprint density at radius 3 is 2.73 bits per heavy atom. The number of rotatable bonds is 0. The molecule has 1 N–H and O–H groups in total. The Labute approximate surface area is 90.7 Å². The minimum Gasteiger partial charge on any atom is -0.380 e. The molecule has 0 fully saturated rings. The molecule has 0 saturated carbocycles. The lowest BCUT2D eigenvalue weighted by Gasteiger charge is -2.38. The van der Waals surface area contributed by atoms with Gasteiger partial charge in [-0.05, 0) is 44.7 Å². The SMILES string of the molecule is Cc1ccc(F)c2c1NC(C)(C)CC2C. The Morgan fingerprint density at radius 1 is 1.40 bits per heavy atom. The van der Waals surface area contributed by atoms with Crippen LogP contribution in [0.2, 0.25) is 0 Å². The van der Waals surface area contributed by atoms with Gasteiger partial charge in [-0.3, -0.25) is 0 Å². The van der Waals surface area contributed by atoms with Gasteiger partial charge in [0, 0.05) is 16.8 Å². The quantitative estimate of drug-likeness (QED) is 0.681. The number of halogens is 1. The van der Waals surface area contributed by atoms with Gasteiger partial charge in [-0.15, -0.1) is 0 Å². The summed E-state index contributed by atoms with van der Waals surface area (Å²) >= 11 is 0. The average Bonchev–Trinajstić information content (AvgIpc) is 2.09. The zero-order valence-electron chi connectivity index (χ0n) is 9.82. The van der Waals surface area contributed by atoms with E-state index in [-0.39, 0.29) is 17.3 Å². The lowest BCUT2D eigenvalue weighted by atomic mass is 9.81. The molecule has 2 rings (SSSR count). The highest BCUT2D eigenvalue weighted by Gasteiger charge is 2.31. The first kappa shape index (κ1) is 10.5. The topological polar surface area (TPSA) is 12.0 Å². The summed E-state index contributed by atoms with van der Waals surface area (Å²) in [7, 11) is 0. The molecule has 2 heteroatoms. The van der Waals surface area contributed by atoms with Crippen LogP contribution in [0.5, 0.6) is 0 Å². The first-order valence-electron chi connectivity index (χ1n) is 5.48. The fraction of sp³-hybridized carbons (Fsp3) is 0.538. The maximum Gasteiger partial charge on any atom is 0.128 e. The molecule has 1 unspecified atom stereocenters. The van der Waals surface area contributed by atoms with Crippen molar-refractivity contribution < 1.29 is 4.39 Å². The lowest BCUT2D eigenvalue weighted by Crippen LogP contribution is -2.37. The molecule has 0 aromatic heterocycles. The van der Waals surface area contributed by atoms with E-state index < -0.39 is 0 Å². The number of hydrogen-bond donors (Lipinski definition) is 1. The van der Waals surface area contributed by atoms with E-state index in [9.17, 15) is 4.39 Å². The normalized spacial score (nSPS) is 23.1. The standard InChI is InChI=1S/C13H18FN/c1-8-5-6-10(14)11-9(2)7-13(3,4)15-12(8)11/h5-6,9,15H,7H2,1-4H3. The third-order valence-electron chi connectivity index (χ3n) is 3.17. The predicted molar refractivity (Wildman–Crippen MR) is 61.9 cm³/mol. The van der Waals surface area contributed by atoms with Gasteiger partial charge in [0.15, 0.2) is 0 Å². The van der Waals surface area contributed by atoms with E-state index in [1.54, 1.807) is 6.07 Å². The van der Waals surface area contributed by atoms with Gasteiger partial charge in [-0.1, -0.05) is 13.0 Å². The summed E-state index contributed by atoms with van der Waals surface area (Å²) < 4.78 is 13.7. The number of anilines is 1. The molecule has 1 nitrogen and oxygen atoms in total. The number of benzene rings is 1. The van der Waals surface area contributed by atoms with Crippen LogP contribution in [-0.4, -0.2) is 5.54 Å². The van der Waals surface area contributed by atoms with E-state index in [0.29, 0.717) is 0 Å². The van der Waals surface area contributed by atoms with Gasteiger partial charge in [0.2, 0.25) is 0 Å². The predicted octanol–water partition coefficient (Wildman–Crippen LogP) is 3.83. The van der Waals surface area contributed by atoms with Crippen LogP contribution in [0.3, 0.4) is 0 Å². The van der Waals surface area contributed by atoms with Crippen molar-refractivity contribution in [3.8, 4) is 0 Å². The van der Waals surface area contributed by atoms with E-state index in [2.05, 4.69) is 26.1 Å². The second-order valence-electron chi connectivity index (χ2n) is 5.27. The Balaban J connectivity index is 2.59. The van der Waals surface area contributed by atoms with Crippen LogP contribution < -0.4 is 5.32 Å². The van der Waals surface area contributed by atoms with Crippen LogP contribution >= 0.6 is 0 Å². The summed E-state index contributed by atoms with van der Waals surface area (Å²) in [6.45, 7) is 8.46. The maximum absolute atomic E-state index is 13.7. The van der Waals surface area contributed by atoms with Crippen molar-refractivity contribution >= 4 is 5.69 Å². The lowest BCUT2D eigenvalue weighted by molar-refractivity contribution is 0.439. The molecule has 0 spiro atoms. The highest BCUT2D eigenvalue weighted by molar-refractivity contribution is 5.62. The van der Waals surface area contributed by atoms with Gasteiger partial charge in [0.1, 0.15) is 5.82 Å². The summed E-state index contributed by atoms with van der Waals surface area (Å²) in [4.78, 5) is 0. The third kappa shape index (κ3) is 1.73. The molecule has 0 aliphatic carbocycles. The van der Waals surface area contributed by atoms with Gasteiger partial charge in [-0.2, -0.15) is 0 Å². The van der Waals surface area contributed by atoms with Crippen LogP contribution in [-0.2, 0) is 0 Å². The Hall–Kier alpha value is -1.05. The van der Waals surface area contributed by atoms with Crippen molar-refractivity contribution in [2.24, 2.45) is 0 Å². The molecule has 1 aromatic carbocycles. The van der Waals surface area contributed by atoms with E-state index in [1.807, 2.05) is 13.0 Å². The van der Waals surface area contributed by atoms with Crippen LogP contribution in [0.15, 0.2) is 12.1 Å². The van der Waals surface area contributed by atoms with Crippen LogP contribution in [0.25, 0.3) is 0 Å². The van der Waals surface area contributed by atoms with Crippen molar-refractivity contribution in [3.63, 3.8) is 0 Å². The Bertz CT molecular complexity index is 396. The van der Waals surface area contributed by atoms with Crippen LogP contribution in [0, 0.1) is 12.7 Å². The highest BCUT2D eigenvalue weighted by Crippen LogP contribution is 2.41. The van der Waals surface area contributed by atoms with Crippen LogP contribution in [0.1, 0.15) is 44.2 Å². The first-order chi connectivity index (χ1) is 6.91. The molecular weight excluding hydrogens is 189 g/mol. The molecule has 15 heavy (non-hydrogen) atoms. The van der Waals surface area contributed by atoms with Crippen molar-refractivity contribution in [1.29, 1.82) is 0 Å². The second-order valence-corrected chi connectivity index (χ2v) is 5.27. The fourth-order valence-corrected chi connectivity index (χ4v) is 2.61. The number of nitrogens with one attached hydrogen (secondary N) is 1. The number of hydrogen-bond acceptors (Lipinski definition) is 1. The Kier molecular flexibility index (Phi) is 2.25. The van der Waals surface area contributed by atoms with Crippen molar-refractivity contribution in [3.05, 3.63) is 29.1 Å². The van der Waals surface area contributed by atoms with Crippen LogP contribution in [0.4, 0.5) is 10.1 Å². The summed E-state index contributed by atoms with van der Waals surface area (Å²) in [5.74, 6) is 0.210. The number of aryl methyl sites for hydroxylation is 1. The zero-order chi connectivity index (χ0) is 11.2. The smallest absolute Gasteiger partial charge is 0.128 e. The average molecular weight is 207 g/mol. The molecule has 1 atom stereocenters. The molecule has 0 saturated heterocycles. The van der Waals surface area contributed by atoms with Gasteiger partial charge in [0.05, 0.1) is 0 Å². The fourth-order valence-electron chi connectivity index (χ4n) is 2.61. The first-order valence-corrected chi connectivity index (χ1v) is 5.48. The molecule has 1 aromatic rings.